The molecule has 258 valence electrons. The Kier molecular flexibility index (Phi) is 5.93. The van der Waals surface area contributed by atoms with Crippen LogP contribution >= 0.6 is 11.3 Å². The molecule has 0 saturated carbocycles. The van der Waals surface area contributed by atoms with Crippen LogP contribution in [0, 0.1) is 0 Å². The van der Waals surface area contributed by atoms with Crippen molar-refractivity contribution in [3.05, 3.63) is 196 Å². The van der Waals surface area contributed by atoms with Crippen molar-refractivity contribution in [3.8, 4) is 22.3 Å². The molecule has 0 N–H and O–H groups in total. The summed E-state index contributed by atoms with van der Waals surface area (Å²) in [6.45, 7) is 8.56. The Hall–Kier alpha value is -5.26. The van der Waals surface area contributed by atoms with Gasteiger partial charge >= 0.3 is 7.12 Å². The molecule has 12 rings (SSSR count). The molecule has 0 unspecified atom stereocenters. The Morgan fingerprint density at radius 2 is 0.926 bits per heavy atom. The predicted molar refractivity (Wildman–Crippen MR) is 223 cm³/mol. The van der Waals surface area contributed by atoms with Crippen LogP contribution in [0.25, 0.3) is 42.4 Å². The topological polar surface area (TPSA) is 18.5 Å². The van der Waals surface area contributed by atoms with Gasteiger partial charge in [0.05, 0.1) is 22.0 Å². The molecule has 1 saturated heterocycles. The van der Waals surface area contributed by atoms with Gasteiger partial charge in [-0.05, 0) is 100 Å². The van der Waals surface area contributed by atoms with Crippen LogP contribution in [0.2, 0.25) is 0 Å². The molecular formula is C50H37BO2S. The second-order valence-electron chi connectivity index (χ2n) is 16.5. The third-order valence-electron chi connectivity index (χ3n) is 13.6. The van der Waals surface area contributed by atoms with Crippen molar-refractivity contribution < 1.29 is 9.31 Å². The molecule has 2 spiro atoms. The Morgan fingerprint density at radius 3 is 1.52 bits per heavy atom. The highest BCUT2D eigenvalue weighted by molar-refractivity contribution is 7.26. The van der Waals surface area contributed by atoms with Crippen molar-refractivity contribution in [1.82, 2.24) is 0 Å². The first kappa shape index (κ1) is 31.1. The van der Waals surface area contributed by atoms with Gasteiger partial charge in [-0.1, -0.05) is 146 Å². The van der Waals surface area contributed by atoms with E-state index in [0.29, 0.717) is 0 Å². The minimum absolute atomic E-state index is 0.444. The van der Waals surface area contributed by atoms with Crippen LogP contribution in [-0.2, 0) is 20.1 Å². The van der Waals surface area contributed by atoms with E-state index in [1.807, 2.05) is 11.3 Å². The molecule has 2 heterocycles. The predicted octanol–water partition coefficient (Wildman–Crippen LogP) is 11.4. The van der Waals surface area contributed by atoms with Crippen molar-refractivity contribution in [1.29, 1.82) is 0 Å². The Morgan fingerprint density at radius 1 is 0.426 bits per heavy atom. The van der Waals surface area contributed by atoms with Crippen molar-refractivity contribution in [2.45, 2.75) is 49.7 Å². The summed E-state index contributed by atoms with van der Waals surface area (Å²) in [5.74, 6) is 0. The summed E-state index contributed by atoms with van der Waals surface area (Å²) in [7, 11) is -0.473. The monoisotopic (exact) mass is 712 g/mol. The number of hydrogen-bond acceptors (Lipinski definition) is 3. The molecule has 0 amide bonds. The number of hydrogen-bond donors (Lipinski definition) is 0. The SMILES string of the molecule is CC1(C)OB(c2ccc3c(c2)C2(c4ccccc4C4(c5ccccc5-c5ccccc54)c4ccccc42)c2ccc4c(sc5ccccc54)c2-3)OC1(C)C. The van der Waals surface area contributed by atoms with E-state index in [0.717, 1.165) is 5.46 Å². The second kappa shape index (κ2) is 10.3. The van der Waals surface area contributed by atoms with Gasteiger partial charge in [0.2, 0.25) is 0 Å². The van der Waals surface area contributed by atoms with Gasteiger partial charge in [0.25, 0.3) is 0 Å². The van der Waals surface area contributed by atoms with E-state index in [2.05, 4.69) is 179 Å². The van der Waals surface area contributed by atoms with Crippen molar-refractivity contribution in [3.63, 3.8) is 0 Å². The van der Waals surface area contributed by atoms with Crippen LogP contribution < -0.4 is 5.46 Å². The normalized spacial score (nSPS) is 18.4. The van der Waals surface area contributed by atoms with Gasteiger partial charge in [-0.2, -0.15) is 0 Å². The number of fused-ring (bicyclic) bond motifs is 20. The first-order valence-corrected chi connectivity index (χ1v) is 19.9. The minimum Gasteiger partial charge on any atom is -0.399 e. The van der Waals surface area contributed by atoms with E-state index in [9.17, 15) is 0 Å². The first-order valence-electron chi connectivity index (χ1n) is 19.1. The van der Waals surface area contributed by atoms with Crippen LogP contribution in [0.1, 0.15) is 72.2 Å². The van der Waals surface area contributed by atoms with Gasteiger partial charge < -0.3 is 9.31 Å². The van der Waals surface area contributed by atoms with Gasteiger partial charge in [-0.3, -0.25) is 0 Å². The van der Waals surface area contributed by atoms with E-state index in [4.69, 9.17) is 9.31 Å². The molecule has 1 aliphatic heterocycles. The molecule has 4 heteroatoms. The lowest BCUT2D eigenvalue weighted by atomic mass is 9.52. The van der Waals surface area contributed by atoms with E-state index >= 15 is 0 Å². The molecule has 0 radical (unpaired) electrons. The van der Waals surface area contributed by atoms with Gasteiger partial charge in [0.15, 0.2) is 0 Å². The molecule has 0 bridgehead atoms. The van der Waals surface area contributed by atoms with E-state index in [1.165, 1.54) is 86.9 Å². The summed E-state index contributed by atoms with van der Waals surface area (Å²) in [6, 6.07) is 57.6. The maximum Gasteiger partial charge on any atom is 0.494 e. The number of benzene rings is 7. The van der Waals surface area contributed by atoms with Crippen LogP contribution in [-0.4, -0.2) is 18.3 Å². The van der Waals surface area contributed by atoms with E-state index in [1.54, 1.807) is 0 Å². The lowest BCUT2D eigenvalue weighted by molar-refractivity contribution is 0.00578. The molecule has 8 aromatic rings. The summed E-state index contributed by atoms with van der Waals surface area (Å²) in [5.41, 5.74) is 15.1. The zero-order chi connectivity index (χ0) is 36.2. The Balaban J connectivity index is 1.24. The third kappa shape index (κ3) is 3.52. The average molecular weight is 713 g/mol. The molecule has 7 aromatic carbocycles. The summed E-state index contributed by atoms with van der Waals surface area (Å²) in [5, 5.41) is 2.64. The Bertz CT molecular complexity index is 2820. The van der Waals surface area contributed by atoms with Gasteiger partial charge in [0, 0.05) is 25.7 Å². The van der Waals surface area contributed by atoms with Crippen LogP contribution in [0.15, 0.2) is 152 Å². The number of thiophene rings is 1. The summed E-state index contributed by atoms with van der Waals surface area (Å²) >= 11 is 1.92. The quantitative estimate of drug-likeness (QED) is 0.158. The molecule has 1 fully saturated rings. The van der Waals surface area contributed by atoms with Gasteiger partial charge in [-0.25, -0.2) is 0 Å². The van der Waals surface area contributed by atoms with Crippen LogP contribution in [0.5, 0.6) is 0 Å². The lowest BCUT2D eigenvalue weighted by Gasteiger charge is -2.48. The molecule has 2 nitrogen and oxygen atoms in total. The molecule has 4 aliphatic rings. The molecule has 54 heavy (non-hydrogen) atoms. The maximum absolute atomic E-state index is 6.75. The first-order chi connectivity index (χ1) is 26.3. The summed E-state index contributed by atoms with van der Waals surface area (Å²) < 4.78 is 16.2. The molecule has 3 aliphatic carbocycles. The largest absolute Gasteiger partial charge is 0.494 e. The standard InChI is InChI=1S/C50H37BO2S/c1-47(2)48(3,4)53-51(52-47)30-25-26-35-43(29-30)50(42-28-27-34-33-17-7-14-24-44(33)54-46(34)45(35)42)40-22-12-10-20-38(40)49(39-21-11-13-23-41(39)50)36-18-8-5-15-31(36)32-16-6-9-19-37(32)49/h5-29H,1-4H3. The Labute approximate surface area is 320 Å². The highest BCUT2D eigenvalue weighted by Gasteiger charge is 2.60. The van der Waals surface area contributed by atoms with Crippen molar-refractivity contribution in [2.75, 3.05) is 0 Å². The van der Waals surface area contributed by atoms with Crippen molar-refractivity contribution >= 4 is 44.1 Å². The summed E-state index contributed by atoms with van der Waals surface area (Å²) in [4.78, 5) is 0. The lowest BCUT2D eigenvalue weighted by Crippen LogP contribution is -2.44. The summed E-state index contributed by atoms with van der Waals surface area (Å²) in [6.07, 6.45) is 0. The highest BCUT2D eigenvalue weighted by Crippen LogP contribution is 2.68. The zero-order valence-electron chi connectivity index (χ0n) is 30.7. The number of rotatable bonds is 1. The molecule has 0 atom stereocenters. The smallest absolute Gasteiger partial charge is 0.399 e. The zero-order valence-corrected chi connectivity index (χ0v) is 31.6. The third-order valence-corrected chi connectivity index (χ3v) is 14.8. The fourth-order valence-corrected chi connectivity index (χ4v) is 12.0. The minimum atomic E-state index is -0.584. The van der Waals surface area contributed by atoms with E-state index in [-0.39, 0.29) is 0 Å². The van der Waals surface area contributed by atoms with Crippen molar-refractivity contribution in [2.24, 2.45) is 0 Å². The second-order valence-corrected chi connectivity index (χ2v) is 17.6. The fraction of sp³-hybridized carbons (Fsp3) is 0.160. The fourth-order valence-electron chi connectivity index (χ4n) is 10.7. The van der Waals surface area contributed by atoms with Crippen LogP contribution in [0.3, 0.4) is 0 Å². The van der Waals surface area contributed by atoms with Gasteiger partial charge in [-0.15, -0.1) is 11.3 Å². The van der Waals surface area contributed by atoms with Gasteiger partial charge in [0.1, 0.15) is 0 Å². The highest BCUT2D eigenvalue weighted by atomic mass is 32.1. The molecular weight excluding hydrogens is 675 g/mol. The molecule has 1 aromatic heterocycles. The maximum atomic E-state index is 6.75. The average Bonchev–Trinajstić information content (AvgIpc) is 3.87. The van der Waals surface area contributed by atoms with E-state index < -0.39 is 29.2 Å². The van der Waals surface area contributed by atoms with Crippen LogP contribution in [0.4, 0.5) is 0 Å².